The normalized spacial score (nSPS) is 23.5. The van der Waals surface area contributed by atoms with Crippen molar-refractivity contribution in [2.24, 2.45) is 0 Å². The van der Waals surface area contributed by atoms with E-state index >= 15 is 0 Å². The number of carboxylic acid groups (broad SMARTS) is 1. The summed E-state index contributed by atoms with van der Waals surface area (Å²) in [6, 6.07) is 7.46. The quantitative estimate of drug-likeness (QED) is 0.523. The third-order valence-corrected chi connectivity index (χ3v) is 6.67. The number of benzene rings is 1. The van der Waals surface area contributed by atoms with Gasteiger partial charge in [-0.1, -0.05) is 35.5 Å². The zero-order valence-corrected chi connectivity index (χ0v) is 19.8. The van der Waals surface area contributed by atoms with Crippen LogP contribution in [0.5, 0.6) is 0 Å². The molecule has 9 nitrogen and oxygen atoms in total. The first-order valence-electron chi connectivity index (χ1n) is 8.77. The van der Waals surface area contributed by atoms with E-state index in [1.54, 1.807) is 20.8 Å². The molecule has 30 heavy (non-hydrogen) atoms. The summed E-state index contributed by atoms with van der Waals surface area (Å²) in [7, 11) is 0. The minimum absolute atomic E-state index is 0. The number of rotatable bonds is 4. The number of amides is 2. The Hall–Kier alpha value is -1.85. The molecule has 1 aromatic carbocycles. The fraction of sp³-hybridized carbons (Fsp3) is 0.368. The number of aliphatic carboxylic acids is 1. The molecule has 4 N–H and O–H groups in total. The van der Waals surface area contributed by atoms with Crippen molar-refractivity contribution in [3.8, 4) is 11.3 Å². The van der Waals surface area contributed by atoms with E-state index in [4.69, 9.17) is 4.52 Å². The molecule has 0 saturated carbocycles. The molecule has 0 spiro atoms. The Morgan fingerprint density at radius 3 is 2.50 bits per heavy atom. The topological polar surface area (TPSA) is 144 Å². The fourth-order valence-corrected chi connectivity index (χ4v) is 5.42. The molecule has 11 heteroatoms. The largest absolute Gasteiger partial charge is 0.480 e. The third-order valence-electron chi connectivity index (χ3n) is 5.10. The maximum Gasteiger partial charge on any atom is 0.327 e. The Morgan fingerprint density at radius 2 is 1.90 bits per heavy atom. The van der Waals surface area contributed by atoms with E-state index in [2.05, 4.69) is 10.5 Å². The number of nitrogens with zero attached hydrogens (tertiary/aromatic N) is 2. The summed E-state index contributed by atoms with van der Waals surface area (Å²) in [4.78, 5) is 38.5. The molecule has 2 fully saturated rings. The Bertz CT molecular complexity index is 980. The number of thioether (sulfide) groups is 1. The van der Waals surface area contributed by atoms with Crippen molar-refractivity contribution in [1.29, 1.82) is 0 Å². The van der Waals surface area contributed by atoms with Gasteiger partial charge in [-0.25, -0.2) is 4.79 Å². The van der Waals surface area contributed by atoms with Crippen LogP contribution in [-0.4, -0.2) is 90.2 Å². The molecule has 1 aromatic heterocycles. The number of carboxylic acids is 1. The Labute approximate surface area is 199 Å². The van der Waals surface area contributed by atoms with Gasteiger partial charge < -0.3 is 25.3 Å². The minimum atomic E-state index is -1.04. The molecule has 3 unspecified atom stereocenters. The van der Waals surface area contributed by atoms with Crippen LogP contribution in [0.25, 0.3) is 11.3 Å². The minimum Gasteiger partial charge on any atom is -0.480 e. The van der Waals surface area contributed by atoms with E-state index in [0.717, 1.165) is 5.56 Å². The second-order valence-corrected chi connectivity index (χ2v) is 9.15. The number of hydrogen-bond donors (Lipinski definition) is 2. The van der Waals surface area contributed by atoms with Gasteiger partial charge in [0.25, 0.3) is 5.91 Å². The second kappa shape index (κ2) is 8.72. The fourth-order valence-electron chi connectivity index (χ4n) is 3.79. The molecule has 155 valence electrons. The van der Waals surface area contributed by atoms with E-state index in [1.807, 2.05) is 30.3 Å². The molecule has 4 rings (SSSR count). The first-order valence-corrected chi connectivity index (χ1v) is 9.65. The zero-order chi connectivity index (χ0) is 20.2. The molecule has 0 bridgehead atoms. The van der Waals surface area contributed by atoms with Gasteiger partial charge in [-0.3, -0.25) is 9.59 Å². The number of carbonyl (C=O) groups is 3. The van der Waals surface area contributed by atoms with Gasteiger partial charge in [0.05, 0.1) is 0 Å². The predicted octanol–water partition coefficient (Wildman–Crippen LogP) is 0.690. The van der Waals surface area contributed by atoms with Gasteiger partial charge in [-0.05, 0) is 20.8 Å². The number of nitrogens with one attached hydrogen (secondary N) is 1. The average Bonchev–Trinajstić information content (AvgIpc) is 3.15. The van der Waals surface area contributed by atoms with Crippen molar-refractivity contribution >= 4 is 59.1 Å². The average molecular weight is 442 g/mol. The number of aromatic nitrogens is 1. The summed E-state index contributed by atoms with van der Waals surface area (Å²) in [6.07, 6.45) is 0. The molecule has 2 aliphatic heterocycles. The smallest absolute Gasteiger partial charge is 0.327 e. The van der Waals surface area contributed by atoms with Crippen LogP contribution in [0.4, 0.5) is 0 Å². The summed E-state index contributed by atoms with van der Waals surface area (Å²) >= 11 is 1.38. The Kier molecular flexibility index (Phi) is 7.10. The van der Waals surface area contributed by atoms with Crippen molar-refractivity contribution in [2.45, 2.75) is 43.0 Å². The molecule has 3 atom stereocenters. The summed E-state index contributed by atoms with van der Waals surface area (Å²) in [5.74, 6) is -1.55. The van der Waals surface area contributed by atoms with Gasteiger partial charge in [0, 0.05) is 39.9 Å². The summed E-state index contributed by atoms with van der Waals surface area (Å²) in [5, 5.41) is 15.8. The van der Waals surface area contributed by atoms with Gasteiger partial charge in [-0.15, -0.1) is 11.8 Å². The Balaban J connectivity index is 0.00000160. The van der Waals surface area contributed by atoms with Crippen molar-refractivity contribution in [3.05, 3.63) is 41.7 Å². The van der Waals surface area contributed by atoms with Crippen LogP contribution in [0.1, 0.15) is 30.0 Å². The second-order valence-electron chi connectivity index (χ2n) is 7.38. The number of carbonyl (C=O) groups excluding carboxylic acids is 2. The van der Waals surface area contributed by atoms with Crippen LogP contribution < -0.4 is 5.32 Å². The molecule has 2 saturated heterocycles. The first-order chi connectivity index (χ1) is 13.2. The van der Waals surface area contributed by atoms with Crippen LogP contribution in [0, 0.1) is 6.92 Å². The molecule has 3 heterocycles. The van der Waals surface area contributed by atoms with E-state index in [0.29, 0.717) is 11.5 Å². The van der Waals surface area contributed by atoms with E-state index in [1.165, 1.54) is 16.7 Å². The predicted molar refractivity (Wildman–Crippen MR) is 111 cm³/mol. The molecule has 2 aromatic rings. The standard InChI is InChI=1S/C19H19N3O5S.Na.H2O/c1-9-11(12(21-27-9)10-7-5-4-6-8-10)15(23)20-13-16(24)22-14(18(25)26)19(2,3)28-17(13)22;;/h4-8,13-14,17H,1-3H3,(H,20,23)(H,25,26);;1H2. The summed E-state index contributed by atoms with van der Waals surface area (Å²) in [6.45, 7) is 5.22. The maximum absolute atomic E-state index is 12.9. The molecule has 0 aliphatic carbocycles. The number of hydrogen-bond acceptors (Lipinski definition) is 6. The molecular weight excluding hydrogens is 421 g/mol. The van der Waals surface area contributed by atoms with E-state index < -0.39 is 34.1 Å². The van der Waals surface area contributed by atoms with Crippen molar-refractivity contribution in [1.82, 2.24) is 15.4 Å². The van der Waals surface area contributed by atoms with Gasteiger partial charge in [0.15, 0.2) is 0 Å². The number of fused-ring (bicyclic) bond motifs is 1. The summed E-state index contributed by atoms with van der Waals surface area (Å²) in [5.41, 5.74) is 1.41. The van der Waals surface area contributed by atoms with Crippen molar-refractivity contribution in [2.75, 3.05) is 0 Å². The number of β-lactam (4-membered cyclic amide) rings is 1. The van der Waals surface area contributed by atoms with Crippen LogP contribution >= 0.6 is 11.8 Å². The van der Waals surface area contributed by atoms with Crippen LogP contribution in [-0.2, 0) is 9.59 Å². The third kappa shape index (κ3) is 3.78. The maximum atomic E-state index is 12.9. The van der Waals surface area contributed by atoms with Crippen molar-refractivity contribution < 1.29 is 29.5 Å². The van der Waals surface area contributed by atoms with E-state index in [9.17, 15) is 19.5 Å². The van der Waals surface area contributed by atoms with Crippen molar-refractivity contribution in [3.63, 3.8) is 0 Å². The van der Waals surface area contributed by atoms with Crippen LogP contribution in [0.2, 0.25) is 0 Å². The van der Waals surface area contributed by atoms with Gasteiger partial charge in [0.1, 0.15) is 34.5 Å². The van der Waals surface area contributed by atoms with Crippen LogP contribution in [0.3, 0.4) is 0 Å². The van der Waals surface area contributed by atoms with Gasteiger partial charge in [-0.2, -0.15) is 0 Å². The Morgan fingerprint density at radius 1 is 1.27 bits per heavy atom. The van der Waals surface area contributed by atoms with Gasteiger partial charge in [0.2, 0.25) is 5.91 Å². The van der Waals surface area contributed by atoms with Gasteiger partial charge >= 0.3 is 5.97 Å². The zero-order valence-electron chi connectivity index (χ0n) is 17.0. The number of aryl methyl sites for hydroxylation is 1. The SMILES string of the molecule is Cc1onc(-c2ccccc2)c1C(=O)NC1C(=O)N2C1SC(C)(C)C2C(=O)O.O.[Na]. The molecule has 1 radical (unpaired) electrons. The van der Waals surface area contributed by atoms with E-state index in [-0.39, 0.29) is 46.5 Å². The molecule has 2 amide bonds. The molecule has 2 aliphatic rings. The van der Waals surface area contributed by atoms with Crippen LogP contribution in [0.15, 0.2) is 34.9 Å². The monoisotopic (exact) mass is 442 g/mol. The summed E-state index contributed by atoms with van der Waals surface area (Å²) < 4.78 is 4.57. The first kappa shape index (κ1) is 24.4. The molecular formula is C19H21N3NaO6S.